The van der Waals surface area contributed by atoms with Crippen LogP contribution in [0.25, 0.3) is 10.9 Å². The minimum Gasteiger partial charge on any atom is -0.406 e. The van der Waals surface area contributed by atoms with Crippen molar-refractivity contribution in [3.05, 3.63) is 35.9 Å². The second-order valence-corrected chi connectivity index (χ2v) is 7.60. The monoisotopic (exact) mass is 381 g/mol. The van der Waals surface area contributed by atoms with Gasteiger partial charge >= 0.3 is 6.01 Å². The summed E-state index contributed by atoms with van der Waals surface area (Å²) in [4.78, 5) is 13.1. The van der Waals surface area contributed by atoms with Crippen LogP contribution in [0.15, 0.2) is 28.7 Å². The number of unbranched alkanes of at least 4 members (excludes halogenated alkanes) is 1. The Morgan fingerprint density at radius 2 is 2.11 bits per heavy atom. The summed E-state index contributed by atoms with van der Waals surface area (Å²) in [6.07, 6.45) is 1.09. The number of benzene rings is 1. The molecule has 1 amide bonds. The first-order chi connectivity index (χ1) is 13.3. The van der Waals surface area contributed by atoms with Crippen LogP contribution in [0.2, 0.25) is 0 Å². The van der Waals surface area contributed by atoms with Crippen LogP contribution >= 0.6 is 0 Å². The Hall–Kier alpha value is -3.41. The van der Waals surface area contributed by atoms with E-state index in [2.05, 4.69) is 26.7 Å². The van der Waals surface area contributed by atoms with Gasteiger partial charge in [-0.25, -0.2) is 0 Å². The van der Waals surface area contributed by atoms with Gasteiger partial charge in [-0.3, -0.25) is 9.48 Å². The van der Waals surface area contributed by atoms with E-state index in [4.69, 9.17) is 15.4 Å². The van der Waals surface area contributed by atoms with Gasteiger partial charge in [-0.15, -0.1) is 5.10 Å². The number of carbonyl (C=O) groups is 1. The van der Waals surface area contributed by atoms with Gasteiger partial charge in [0.15, 0.2) is 5.69 Å². The van der Waals surface area contributed by atoms with E-state index in [0.717, 1.165) is 10.9 Å². The van der Waals surface area contributed by atoms with Gasteiger partial charge in [0.25, 0.3) is 5.91 Å². The van der Waals surface area contributed by atoms with Crippen LogP contribution in [0.3, 0.4) is 0 Å². The van der Waals surface area contributed by atoms with Crippen molar-refractivity contribution in [2.75, 3.05) is 5.73 Å². The standard InChI is InChI=1S/C19H23N7O2/c1-19(2,3)15(17-23-24-18(21)28-17)22-16(27)14-12-8-4-5-9-13(12)26(25-14)11-7-6-10-20/h4-5,8-9,15H,6-7,11H2,1-3H3,(H2,21,24)(H,22,27)/t15-/m1/s1. The number of carbonyl (C=O) groups excluding carboxylic acids is 1. The third kappa shape index (κ3) is 3.96. The Balaban J connectivity index is 1.93. The highest BCUT2D eigenvalue weighted by Gasteiger charge is 2.33. The highest BCUT2D eigenvalue weighted by molar-refractivity contribution is 6.05. The van der Waals surface area contributed by atoms with Crippen LogP contribution in [-0.4, -0.2) is 25.9 Å². The fourth-order valence-electron chi connectivity index (χ4n) is 2.98. The maximum Gasteiger partial charge on any atom is 0.312 e. The topological polar surface area (TPSA) is 136 Å². The van der Waals surface area contributed by atoms with Crippen LogP contribution < -0.4 is 11.1 Å². The van der Waals surface area contributed by atoms with E-state index in [1.807, 2.05) is 45.0 Å². The highest BCUT2D eigenvalue weighted by atomic mass is 16.4. The SMILES string of the molecule is CC(C)(C)[C@H](NC(=O)c1nn(CCCC#N)c2ccccc12)c1nnc(N)o1. The molecule has 0 aliphatic heterocycles. The van der Waals surface area contributed by atoms with E-state index in [-0.39, 0.29) is 23.2 Å². The number of nitrogens with zero attached hydrogens (tertiary/aromatic N) is 5. The maximum atomic E-state index is 13.1. The van der Waals surface area contributed by atoms with Gasteiger partial charge in [0.05, 0.1) is 11.6 Å². The Morgan fingerprint density at radius 3 is 2.75 bits per heavy atom. The molecule has 0 aliphatic rings. The van der Waals surface area contributed by atoms with Gasteiger partial charge in [0, 0.05) is 18.4 Å². The lowest BCUT2D eigenvalue weighted by molar-refractivity contribution is 0.0881. The zero-order chi connectivity index (χ0) is 20.3. The summed E-state index contributed by atoms with van der Waals surface area (Å²) in [6.45, 7) is 6.43. The lowest BCUT2D eigenvalue weighted by Crippen LogP contribution is -2.37. The van der Waals surface area contributed by atoms with Gasteiger partial charge in [-0.05, 0) is 17.9 Å². The predicted molar refractivity (Wildman–Crippen MR) is 103 cm³/mol. The van der Waals surface area contributed by atoms with Gasteiger partial charge in [-0.1, -0.05) is 44.1 Å². The minimum absolute atomic E-state index is 0.0503. The molecule has 0 saturated carbocycles. The molecule has 0 radical (unpaired) electrons. The molecule has 9 heteroatoms. The minimum atomic E-state index is -0.535. The van der Waals surface area contributed by atoms with Gasteiger partial charge < -0.3 is 15.5 Å². The Labute approximate surface area is 162 Å². The van der Waals surface area contributed by atoms with Crippen molar-refractivity contribution < 1.29 is 9.21 Å². The molecule has 3 rings (SSSR count). The molecular weight excluding hydrogens is 358 g/mol. The molecular formula is C19H23N7O2. The van der Waals surface area contributed by atoms with E-state index >= 15 is 0 Å². The van der Waals surface area contributed by atoms with Crippen LogP contribution in [0.1, 0.15) is 56.0 Å². The molecule has 0 fully saturated rings. The normalized spacial score (nSPS) is 12.6. The quantitative estimate of drug-likeness (QED) is 0.627. The molecule has 28 heavy (non-hydrogen) atoms. The van der Waals surface area contributed by atoms with E-state index < -0.39 is 6.04 Å². The molecule has 3 N–H and O–H groups in total. The molecule has 1 aromatic carbocycles. The molecule has 0 aliphatic carbocycles. The highest BCUT2D eigenvalue weighted by Crippen LogP contribution is 2.33. The van der Waals surface area contributed by atoms with Crippen LogP contribution in [0.5, 0.6) is 0 Å². The van der Waals surface area contributed by atoms with E-state index in [0.29, 0.717) is 25.1 Å². The van der Waals surface area contributed by atoms with Crippen molar-refractivity contribution in [1.82, 2.24) is 25.3 Å². The summed E-state index contributed by atoms with van der Waals surface area (Å²) in [5, 5.41) is 24.6. The summed E-state index contributed by atoms with van der Waals surface area (Å²) >= 11 is 0. The number of nitrogen functional groups attached to an aromatic ring is 1. The van der Waals surface area contributed by atoms with Gasteiger partial charge in [0.2, 0.25) is 5.89 Å². The maximum absolute atomic E-state index is 13.1. The van der Waals surface area contributed by atoms with E-state index in [1.54, 1.807) is 4.68 Å². The van der Waals surface area contributed by atoms with E-state index in [9.17, 15) is 4.79 Å². The number of rotatable bonds is 6. The summed E-state index contributed by atoms with van der Waals surface area (Å²) in [6, 6.07) is 9.06. The summed E-state index contributed by atoms with van der Waals surface area (Å²) in [7, 11) is 0. The summed E-state index contributed by atoms with van der Waals surface area (Å²) in [5.74, 6) is -0.0944. The number of hydrogen-bond acceptors (Lipinski definition) is 7. The van der Waals surface area contributed by atoms with Gasteiger partial charge in [-0.2, -0.15) is 10.4 Å². The molecule has 0 spiro atoms. The van der Waals surface area contributed by atoms with E-state index in [1.165, 1.54) is 0 Å². The molecule has 2 aromatic heterocycles. The molecule has 146 valence electrons. The van der Waals surface area contributed by atoms with Crippen molar-refractivity contribution in [3.8, 4) is 6.07 Å². The zero-order valence-corrected chi connectivity index (χ0v) is 16.1. The smallest absolute Gasteiger partial charge is 0.312 e. The number of aromatic nitrogens is 4. The molecule has 3 aromatic rings. The summed E-state index contributed by atoms with van der Waals surface area (Å²) < 4.78 is 7.11. The number of nitrogens with two attached hydrogens (primary N) is 1. The summed E-state index contributed by atoms with van der Waals surface area (Å²) in [5.41, 5.74) is 6.32. The van der Waals surface area contributed by atoms with Crippen LogP contribution in [0, 0.1) is 16.7 Å². The lowest BCUT2D eigenvalue weighted by Gasteiger charge is -2.28. The largest absolute Gasteiger partial charge is 0.406 e. The number of para-hydroxylation sites is 1. The first-order valence-corrected chi connectivity index (χ1v) is 9.03. The van der Waals surface area contributed by atoms with Crippen LogP contribution in [-0.2, 0) is 6.54 Å². The van der Waals surface area contributed by atoms with Crippen LogP contribution in [0.4, 0.5) is 6.01 Å². The number of nitrogens with one attached hydrogen (secondary N) is 1. The lowest BCUT2D eigenvalue weighted by atomic mass is 9.86. The third-order valence-corrected chi connectivity index (χ3v) is 4.38. The first-order valence-electron chi connectivity index (χ1n) is 9.03. The van der Waals surface area contributed by atoms with Crippen molar-refractivity contribution >= 4 is 22.8 Å². The molecule has 0 saturated heterocycles. The molecule has 1 atom stereocenters. The number of fused-ring (bicyclic) bond motifs is 1. The number of anilines is 1. The predicted octanol–water partition coefficient (Wildman–Crippen LogP) is 2.82. The van der Waals surface area contributed by atoms with Crippen molar-refractivity contribution in [3.63, 3.8) is 0 Å². The Morgan fingerprint density at radius 1 is 1.36 bits per heavy atom. The number of amides is 1. The van der Waals surface area contributed by atoms with Crippen molar-refractivity contribution in [2.24, 2.45) is 5.41 Å². The fraction of sp³-hybridized carbons (Fsp3) is 0.421. The fourth-order valence-corrected chi connectivity index (χ4v) is 2.98. The third-order valence-electron chi connectivity index (χ3n) is 4.38. The zero-order valence-electron chi connectivity index (χ0n) is 16.1. The Bertz CT molecular complexity index is 1020. The first kappa shape index (κ1) is 19.4. The number of aryl methyl sites for hydroxylation is 1. The van der Waals surface area contributed by atoms with Crippen molar-refractivity contribution in [1.29, 1.82) is 5.26 Å². The second kappa shape index (κ2) is 7.68. The molecule has 9 nitrogen and oxygen atoms in total. The van der Waals surface area contributed by atoms with Gasteiger partial charge in [0.1, 0.15) is 6.04 Å². The second-order valence-electron chi connectivity index (χ2n) is 7.60. The average molecular weight is 381 g/mol. The Kier molecular flexibility index (Phi) is 5.31. The average Bonchev–Trinajstić information content (AvgIpc) is 3.23. The molecule has 0 unspecified atom stereocenters. The number of nitriles is 1. The number of hydrogen-bond donors (Lipinski definition) is 2. The molecule has 2 heterocycles. The molecule has 0 bridgehead atoms. The van der Waals surface area contributed by atoms with Crippen molar-refractivity contribution in [2.45, 2.75) is 46.2 Å².